The lowest BCUT2D eigenvalue weighted by atomic mass is 10.3. The first-order valence-corrected chi connectivity index (χ1v) is 9.30. The highest BCUT2D eigenvalue weighted by Crippen LogP contribution is 2.16. The number of ether oxygens (including phenoxy) is 2. The fourth-order valence-electron chi connectivity index (χ4n) is 2.55. The fraction of sp³-hybridized carbons (Fsp3) is 0.526. The predicted octanol–water partition coefficient (Wildman–Crippen LogP) is 2.44. The molecule has 156 valence electrons. The number of halogens is 1. The molecule has 0 saturated carbocycles. The molecule has 0 fully saturated rings. The first kappa shape index (κ1) is 24.0. The van der Waals surface area contributed by atoms with E-state index in [2.05, 4.69) is 34.3 Å². The van der Waals surface area contributed by atoms with E-state index in [1.165, 1.54) is 0 Å². The molecular weight excluding hydrogens is 471 g/mol. The van der Waals surface area contributed by atoms with Gasteiger partial charge in [0.25, 0.3) is 0 Å². The molecule has 0 aliphatic heterocycles. The zero-order valence-electron chi connectivity index (χ0n) is 17.1. The Balaban J connectivity index is 0.00000392. The van der Waals surface area contributed by atoms with E-state index in [1.807, 2.05) is 35.9 Å². The van der Waals surface area contributed by atoms with E-state index in [-0.39, 0.29) is 24.0 Å². The van der Waals surface area contributed by atoms with Crippen LogP contribution < -0.4 is 14.8 Å². The monoisotopic (exact) mass is 502 g/mol. The first-order valence-electron chi connectivity index (χ1n) is 9.30. The number of aryl methyl sites for hydroxylation is 1. The normalized spacial score (nSPS) is 10.9. The van der Waals surface area contributed by atoms with Gasteiger partial charge in [-0.05, 0) is 31.2 Å². The zero-order chi connectivity index (χ0) is 19.5. The van der Waals surface area contributed by atoms with Gasteiger partial charge in [-0.25, -0.2) is 0 Å². The van der Waals surface area contributed by atoms with Crippen LogP contribution in [-0.2, 0) is 13.0 Å². The molecule has 8 nitrogen and oxygen atoms in total. The Hall–Kier alpha value is -2.04. The fourth-order valence-corrected chi connectivity index (χ4v) is 2.55. The molecule has 1 aromatic heterocycles. The Bertz CT molecular complexity index is 705. The molecule has 0 radical (unpaired) electrons. The third-order valence-corrected chi connectivity index (χ3v) is 4.07. The third-order valence-electron chi connectivity index (χ3n) is 4.07. The lowest BCUT2D eigenvalue weighted by molar-refractivity contribution is 0.281. The number of methoxy groups -OCH3 is 1. The molecule has 1 heterocycles. The van der Waals surface area contributed by atoms with E-state index >= 15 is 0 Å². The van der Waals surface area contributed by atoms with Gasteiger partial charge in [-0.1, -0.05) is 6.92 Å². The summed E-state index contributed by atoms with van der Waals surface area (Å²) < 4.78 is 13.0. The Morgan fingerprint density at radius 1 is 1.21 bits per heavy atom. The van der Waals surface area contributed by atoms with Crippen molar-refractivity contribution in [1.29, 1.82) is 0 Å². The molecule has 0 atom stereocenters. The number of hydrogen-bond donors (Lipinski definition) is 1. The number of guanidine groups is 1. The molecule has 9 heteroatoms. The number of aromatic nitrogens is 3. The van der Waals surface area contributed by atoms with Gasteiger partial charge in [0.1, 0.15) is 30.3 Å². The maximum atomic E-state index is 5.80. The maximum Gasteiger partial charge on any atom is 0.193 e. The van der Waals surface area contributed by atoms with Gasteiger partial charge >= 0.3 is 0 Å². The zero-order valence-corrected chi connectivity index (χ0v) is 19.4. The van der Waals surface area contributed by atoms with Crippen LogP contribution in [0.1, 0.15) is 19.7 Å². The van der Waals surface area contributed by atoms with E-state index in [9.17, 15) is 0 Å². The van der Waals surface area contributed by atoms with E-state index in [0.29, 0.717) is 13.2 Å². The number of benzene rings is 1. The third kappa shape index (κ3) is 7.53. The smallest absolute Gasteiger partial charge is 0.193 e. The van der Waals surface area contributed by atoms with Gasteiger partial charge in [0.05, 0.1) is 20.2 Å². The van der Waals surface area contributed by atoms with Crippen molar-refractivity contribution in [2.24, 2.45) is 4.99 Å². The second-order valence-corrected chi connectivity index (χ2v) is 5.98. The summed E-state index contributed by atoms with van der Waals surface area (Å²) in [4.78, 5) is 6.76. The first-order chi connectivity index (χ1) is 13.2. The van der Waals surface area contributed by atoms with Crippen LogP contribution in [0.4, 0.5) is 0 Å². The summed E-state index contributed by atoms with van der Waals surface area (Å²) in [6.07, 6.45) is 2.63. The van der Waals surface area contributed by atoms with Gasteiger partial charge in [-0.2, -0.15) is 0 Å². The molecule has 0 spiro atoms. The van der Waals surface area contributed by atoms with E-state index in [1.54, 1.807) is 13.4 Å². The van der Waals surface area contributed by atoms with Gasteiger partial charge < -0.3 is 24.3 Å². The molecule has 2 aromatic rings. The summed E-state index contributed by atoms with van der Waals surface area (Å²) in [6, 6.07) is 7.59. The van der Waals surface area contributed by atoms with Crippen molar-refractivity contribution < 1.29 is 9.47 Å². The molecule has 0 aliphatic rings. The summed E-state index contributed by atoms with van der Waals surface area (Å²) in [6.45, 7) is 7.67. The molecule has 2 rings (SSSR count). The van der Waals surface area contributed by atoms with Gasteiger partial charge in [-0.3, -0.25) is 4.99 Å². The molecule has 28 heavy (non-hydrogen) atoms. The SMILES string of the molecule is CCNC(=NCCn1cnnc1CC)N(C)CCOc1ccc(OC)cc1.I. The van der Waals surface area contributed by atoms with Gasteiger partial charge in [0.2, 0.25) is 0 Å². The van der Waals surface area contributed by atoms with Crippen LogP contribution in [0.15, 0.2) is 35.6 Å². The summed E-state index contributed by atoms with van der Waals surface area (Å²) in [5, 5.41) is 11.4. The number of aliphatic imine (C=N–C) groups is 1. The van der Waals surface area contributed by atoms with Crippen molar-refractivity contribution in [3.8, 4) is 11.5 Å². The number of nitrogens with zero attached hydrogens (tertiary/aromatic N) is 5. The summed E-state index contributed by atoms with van der Waals surface area (Å²) in [5.74, 6) is 3.49. The Labute approximate surface area is 184 Å². The summed E-state index contributed by atoms with van der Waals surface area (Å²) in [7, 11) is 3.66. The Kier molecular flexibility index (Phi) is 11.3. The summed E-state index contributed by atoms with van der Waals surface area (Å²) in [5.41, 5.74) is 0. The number of nitrogens with one attached hydrogen (secondary N) is 1. The van der Waals surface area contributed by atoms with Crippen LogP contribution in [-0.4, -0.2) is 66.0 Å². The Morgan fingerprint density at radius 2 is 1.93 bits per heavy atom. The molecule has 1 aromatic carbocycles. The van der Waals surface area contributed by atoms with Crippen LogP contribution in [0.5, 0.6) is 11.5 Å². The van der Waals surface area contributed by atoms with Crippen molar-refractivity contribution in [2.45, 2.75) is 26.8 Å². The number of likely N-dealkylation sites (N-methyl/N-ethyl adjacent to an activating group) is 1. The molecule has 0 unspecified atom stereocenters. The van der Waals surface area contributed by atoms with Crippen molar-refractivity contribution in [3.63, 3.8) is 0 Å². The molecule has 0 saturated heterocycles. The predicted molar refractivity (Wildman–Crippen MR) is 122 cm³/mol. The lowest BCUT2D eigenvalue weighted by Crippen LogP contribution is -2.41. The molecule has 0 bridgehead atoms. The van der Waals surface area contributed by atoms with E-state index < -0.39 is 0 Å². The van der Waals surface area contributed by atoms with Crippen LogP contribution in [0.3, 0.4) is 0 Å². The largest absolute Gasteiger partial charge is 0.497 e. The highest BCUT2D eigenvalue weighted by atomic mass is 127. The second kappa shape index (κ2) is 13.2. The molecule has 0 aliphatic carbocycles. The highest BCUT2D eigenvalue weighted by Gasteiger charge is 2.06. The van der Waals surface area contributed by atoms with Crippen molar-refractivity contribution in [1.82, 2.24) is 25.0 Å². The minimum absolute atomic E-state index is 0. The van der Waals surface area contributed by atoms with E-state index in [0.717, 1.165) is 49.3 Å². The highest BCUT2D eigenvalue weighted by molar-refractivity contribution is 14.0. The van der Waals surface area contributed by atoms with Gasteiger partial charge in [-0.15, -0.1) is 34.2 Å². The maximum absolute atomic E-state index is 5.80. The molecule has 0 amide bonds. The average Bonchev–Trinajstić information content (AvgIpc) is 3.15. The Morgan fingerprint density at radius 3 is 2.57 bits per heavy atom. The van der Waals surface area contributed by atoms with Crippen LogP contribution >= 0.6 is 24.0 Å². The average molecular weight is 502 g/mol. The minimum atomic E-state index is 0. The van der Waals surface area contributed by atoms with E-state index in [4.69, 9.17) is 14.5 Å². The standard InChI is InChI=1S/C19H30N6O2.HI/c1-5-18-23-22-15-25(18)12-11-21-19(20-6-2)24(3)13-14-27-17-9-7-16(26-4)8-10-17;/h7-10,15H,5-6,11-14H2,1-4H3,(H,20,21);1H. The summed E-state index contributed by atoms with van der Waals surface area (Å²) >= 11 is 0. The van der Waals surface area contributed by atoms with Crippen molar-refractivity contribution >= 4 is 29.9 Å². The second-order valence-electron chi connectivity index (χ2n) is 5.98. The lowest BCUT2D eigenvalue weighted by Gasteiger charge is -2.22. The van der Waals surface area contributed by atoms with Crippen molar-refractivity contribution in [2.75, 3.05) is 40.4 Å². The molecule has 1 N–H and O–H groups in total. The topological polar surface area (TPSA) is 76.8 Å². The van der Waals surface area contributed by atoms with Gasteiger partial charge in [0.15, 0.2) is 5.96 Å². The van der Waals surface area contributed by atoms with Crippen molar-refractivity contribution in [3.05, 3.63) is 36.4 Å². The van der Waals surface area contributed by atoms with Crippen LogP contribution in [0.25, 0.3) is 0 Å². The number of hydrogen-bond acceptors (Lipinski definition) is 5. The quantitative estimate of drug-likeness (QED) is 0.306. The number of rotatable bonds is 10. The van der Waals surface area contributed by atoms with Gasteiger partial charge in [0, 0.05) is 26.6 Å². The van der Waals surface area contributed by atoms with Crippen LogP contribution in [0, 0.1) is 0 Å². The molecular formula is C19H31IN6O2. The van der Waals surface area contributed by atoms with Crippen LogP contribution in [0.2, 0.25) is 0 Å². The minimum Gasteiger partial charge on any atom is -0.497 e.